The Kier molecular flexibility index (Phi) is 1.45. The summed E-state index contributed by atoms with van der Waals surface area (Å²) in [6.45, 7) is 0.569. The number of ether oxygens (including phenoxy) is 1. The molecular weight excluding hydrogens is 104 g/mol. The van der Waals surface area contributed by atoms with E-state index in [1.54, 1.807) is 13.3 Å². The molecule has 0 radical (unpaired) electrons. The molecule has 0 fully saturated rings. The van der Waals surface area contributed by atoms with Crippen LogP contribution in [0.1, 0.15) is 0 Å². The minimum absolute atomic E-state index is 0.569. The number of nitrogens with zero attached hydrogens (tertiary/aromatic N) is 2. The summed E-state index contributed by atoms with van der Waals surface area (Å²) in [7, 11) is 1.60. The summed E-state index contributed by atoms with van der Waals surface area (Å²) in [6.07, 6.45) is 1.60. The molecule has 8 heavy (non-hydrogen) atoms. The molecule has 3 nitrogen and oxygen atoms in total. The molecule has 0 atom stereocenters. The standard InChI is InChI=1S/C5H6N2O/c1-8-5-2-6-4-7-3-5/h2H,3H2,1H3. The zero-order valence-corrected chi connectivity index (χ0v) is 4.59. The Labute approximate surface area is 47.4 Å². The van der Waals surface area contributed by atoms with Crippen molar-refractivity contribution in [2.45, 2.75) is 0 Å². The molecule has 1 heterocycles. The maximum absolute atomic E-state index is 4.82. The molecule has 0 saturated heterocycles. The van der Waals surface area contributed by atoms with Crippen molar-refractivity contribution in [3.8, 4) is 0 Å². The van der Waals surface area contributed by atoms with E-state index in [1.165, 1.54) is 0 Å². The summed E-state index contributed by atoms with van der Waals surface area (Å²) < 4.78 is 4.82. The lowest BCUT2D eigenvalue weighted by Gasteiger charge is -1.99. The van der Waals surface area contributed by atoms with E-state index in [2.05, 4.69) is 16.0 Å². The van der Waals surface area contributed by atoms with Gasteiger partial charge in [-0.2, -0.15) is 4.99 Å². The van der Waals surface area contributed by atoms with Gasteiger partial charge in [-0.25, -0.2) is 4.99 Å². The van der Waals surface area contributed by atoms with Gasteiger partial charge in [0.15, 0.2) is 0 Å². The smallest absolute Gasteiger partial charge is 0.137 e. The van der Waals surface area contributed by atoms with E-state index in [0.29, 0.717) is 6.54 Å². The number of rotatable bonds is 1. The quantitative estimate of drug-likeness (QED) is 0.488. The third kappa shape index (κ3) is 0.950. The number of hydrogen-bond acceptors (Lipinski definition) is 3. The van der Waals surface area contributed by atoms with Gasteiger partial charge in [-0.3, -0.25) is 0 Å². The Morgan fingerprint density at radius 1 is 1.88 bits per heavy atom. The van der Waals surface area contributed by atoms with Gasteiger partial charge in [0.2, 0.25) is 0 Å². The summed E-state index contributed by atoms with van der Waals surface area (Å²) in [6, 6.07) is 2.44. The van der Waals surface area contributed by atoms with E-state index in [4.69, 9.17) is 4.74 Å². The third-order valence-electron chi connectivity index (χ3n) is 0.834. The summed E-state index contributed by atoms with van der Waals surface area (Å²) >= 11 is 0. The van der Waals surface area contributed by atoms with Crippen LogP contribution in [0.2, 0.25) is 0 Å². The van der Waals surface area contributed by atoms with Crippen LogP contribution in [0, 0.1) is 0 Å². The second kappa shape index (κ2) is 2.28. The highest BCUT2D eigenvalue weighted by Crippen LogP contribution is 1.97. The molecular formula is C5H6N2O. The van der Waals surface area contributed by atoms with Crippen LogP contribution in [0.25, 0.3) is 0 Å². The maximum Gasteiger partial charge on any atom is 0.137 e. The average Bonchev–Trinajstić information content (AvgIpc) is 1.90. The third-order valence-corrected chi connectivity index (χ3v) is 0.834. The Morgan fingerprint density at radius 2 is 2.75 bits per heavy atom. The molecule has 0 amide bonds. The minimum atomic E-state index is 0.569. The highest BCUT2D eigenvalue weighted by atomic mass is 16.5. The first-order valence-corrected chi connectivity index (χ1v) is 2.28. The highest BCUT2D eigenvalue weighted by molar-refractivity contribution is 5.44. The van der Waals surface area contributed by atoms with Crippen molar-refractivity contribution >= 4 is 6.01 Å². The molecule has 1 rings (SSSR count). The first kappa shape index (κ1) is 5.06. The molecule has 0 aliphatic carbocycles. The molecule has 0 aromatic rings. The summed E-state index contributed by atoms with van der Waals surface area (Å²) in [5.41, 5.74) is 0. The van der Waals surface area contributed by atoms with Gasteiger partial charge in [-0.1, -0.05) is 0 Å². The monoisotopic (exact) mass is 110 g/mol. The zero-order chi connectivity index (χ0) is 5.82. The average molecular weight is 110 g/mol. The Balaban J connectivity index is 2.63. The lowest BCUT2D eigenvalue weighted by atomic mass is 10.5. The van der Waals surface area contributed by atoms with Crippen LogP contribution in [-0.4, -0.2) is 19.7 Å². The largest absolute Gasteiger partial charge is 0.497 e. The molecule has 0 saturated carbocycles. The van der Waals surface area contributed by atoms with Gasteiger partial charge in [0.25, 0.3) is 0 Å². The van der Waals surface area contributed by atoms with Crippen molar-refractivity contribution in [1.82, 2.24) is 0 Å². The van der Waals surface area contributed by atoms with Gasteiger partial charge in [0.1, 0.15) is 12.3 Å². The second-order valence-corrected chi connectivity index (χ2v) is 1.34. The lowest BCUT2D eigenvalue weighted by molar-refractivity contribution is 0.285. The zero-order valence-electron chi connectivity index (χ0n) is 4.59. The van der Waals surface area contributed by atoms with E-state index in [9.17, 15) is 0 Å². The Bertz CT molecular complexity index is 165. The SMILES string of the molecule is COC1=CN=C=NC1. The lowest BCUT2D eigenvalue weighted by Crippen LogP contribution is -1.92. The topological polar surface area (TPSA) is 34.0 Å². The van der Waals surface area contributed by atoms with E-state index in [0.717, 1.165) is 5.76 Å². The van der Waals surface area contributed by atoms with E-state index >= 15 is 0 Å². The number of methoxy groups -OCH3 is 1. The number of hydrogen-bond donors (Lipinski definition) is 0. The molecule has 0 aromatic carbocycles. The van der Waals surface area contributed by atoms with Crippen molar-refractivity contribution in [2.24, 2.45) is 9.98 Å². The van der Waals surface area contributed by atoms with Crippen LogP contribution in [0.5, 0.6) is 0 Å². The molecule has 0 spiro atoms. The van der Waals surface area contributed by atoms with Crippen molar-refractivity contribution in [3.63, 3.8) is 0 Å². The van der Waals surface area contributed by atoms with Gasteiger partial charge in [-0.05, 0) is 0 Å². The fraction of sp³-hybridized carbons (Fsp3) is 0.400. The molecule has 0 unspecified atom stereocenters. The fourth-order valence-corrected chi connectivity index (χ4v) is 0.413. The first-order valence-electron chi connectivity index (χ1n) is 2.28. The molecule has 0 bridgehead atoms. The predicted molar refractivity (Wildman–Crippen MR) is 29.8 cm³/mol. The summed E-state index contributed by atoms with van der Waals surface area (Å²) in [4.78, 5) is 7.35. The maximum atomic E-state index is 4.82. The second-order valence-electron chi connectivity index (χ2n) is 1.34. The highest BCUT2D eigenvalue weighted by Gasteiger charge is 1.93. The molecule has 3 heteroatoms. The van der Waals surface area contributed by atoms with Crippen molar-refractivity contribution < 1.29 is 4.74 Å². The Morgan fingerprint density at radius 3 is 3.12 bits per heavy atom. The normalized spacial score (nSPS) is 15.9. The van der Waals surface area contributed by atoms with Crippen LogP contribution < -0.4 is 0 Å². The Hall–Kier alpha value is -1.08. The van der Waals surface area contributed by atoms with Crippen LogP contribution in [0.3, 0.4) is 0 Å². The van der Waals surface area contributed by atoms with Crippen LogP contribution in [0.4, 0.5) is 0 Å². The number of aliphatic imine (C=N–C) groups is 2. The van der Waals surface area contributed by atoms with Crippen molar-refractivity contribution in [3.05, 3.63) is 12.0 Å². The van der Waals surface area contributed by atoms with Crippen LogP contribution in [0.15, 0.2) is 21.9 Å². The molecule has 1 aliphatic rings. The van der Waals surface area contributed by atoms with E-state index in [1.807, 2.05) is 0 Å². The molecule has 0 N–H and O–H groups in total. The van der Waals surface area contributed by atoms with Gasteiger partial charge < -0.3 is 4.74 Å². The van der Waals surface area contributed by atoms with Gasteiger partial charge in [0.05, 0.1) is 19.3 Å². The molecule has 0 aromatic heterocycles. The molecule has 42 valence electrons. The van der Waals surface area contributed by atoms with Crippen molar-refractivity contribution in [2.75, 3.05) is 13.7 Å². The fourth-order valence-electron chi connectivity index (χ4n) is 0.413. The molecule has 1 aliphatic heterocycles. The van der Waals surface area contributed by atoms with Crippen LogP contribution >= 0.6 is 0 Å². The minimum Gasteiger partial charge on any atom is -0.497 e. The van der Waals surface area contributed by atoms with Gasteiger partial charge >= 0.3 is 0 Å². The first-order chi connectivity index (χ1) is 3.93. The predicted octanol–water partition coefficient (Wildman–Crippen LogP) is 0.662. The van der Waals surface area contributed by atoms with E-state index in [-0.39, 0.29) is 0 Å². The van der Waals surface area contributed by atoms with Gasteiger partial charge in [-0.15, -0.1) is 0 Å². The van der Waals surface area contributed by atoms with E-state index < -0.39 is 0 Å². The summed E-state index contributed by atoms with van der Waals surface area (Å²) in [5, 5.41) is 0. The van der Waals surface area contributed by atoms with Gasteiger partial charge in [0, 0.05) is 0 Å². The summed E-state index contributed by atoms with van der Waals surface area (Å²) in [5.74, 6) is 0.781. The van der Waals surface area contributed by atoms with Crippen molar-refractivity contribution in [1.29, 1.82) is 0 Å². The van der Waals surface area contributed by atoms with Crippen LogP contribution in [-0.2, 0) is 4.74 Å².